The van der Waals surface area contributed by atoms with Gasteiger partial charge < -0.3 is 0 Å². The van der Waals surface area contributed by atoms with Crippen molar-refractivity contribution in [2.75, 3.05) is 0 Å². The van der Waals surface area contributed by atoms with Gasteiger partial charge in [-0.3, -0.25) is 0 Å². The molecule has 0 heterocycles. The molecule has 1 N–H and O–H groups in total. The largest absolute Gasteiger partial charge is 0.250 e. The van der Waals surface area contributed by atoms with E-state index in [2.05, 4.69) is 4.13 Å². The van der Waals surface area contributed by atoms with Gasteiger partial charge in [0, 0.05) is 4.90 Å². The van der Waals surface area contributed by atoms with E-state index in [0.29, 0.717) is 0 Å². The average molecular weight is 279 g/mol. The van der Waals surface area contributed by atoms with Crippen LogP contribution in [0.3, 0.4) is 0 Å². The van der Waals surface area contributed by atoms with E-state index in [0.717, 1.165) is 22.4 Å². The standard InChI is InChI=1S/C13H13NO2S2/c1-11-7-9-13(10-8-11)18(15,16)14-17-12-5-3-2-4-6-12/h2-10,14H,1H3. The summed E-state index contributed by atoms with van der Waals surface area (Å²) in [4.78, 5) is 1.13. The Balaban J connectivity index is 2.11. The van der Waals surface area contributed by atoms with Crippen LogP contribution in [0.1, 0.15) is 5.56 Å². The molecule has 0 unspecified atom stereocenters. The highest BCUT2D eigenvalue weighted by Crippen LogP contribution is 2.18. The van der Waals surface area contributed by atoms with Crippen LogP contribution in [0, 0.1) is 6.92 Å². The zero-order valence-corrected chi connectivity index (χ0v) is 11.5. The second-order valence-corrected chi connectivity index (χ2v) is 6.64. The van der Waals surface area contributed by atoms with Crippen LogP contribution in [0.4, 0.5) is 0 Å². The third-order valence-electron chi connectivity index (χ3n) is 2.34. The molecule has 3 nitrogen and oxygen atoms in total. The molecule has 5 heteroatoms. The number of rotatable bonds is 4. The zero-order valence-electron chi connectivity index (χ0n) is 9.83. The highest BCUT2D eigenvalue weighted by atomic mass is 32.3. The van der Waals surface area contributed by atoms with Crippen molar-refractivity contribution in [3.8, 4) is 0 Å². The molecule has 0 aliphatic rings. The van der Waals surface area contributed by atoms with E-state index >= 15 is 0 Å². The summed E-state index contributed by atoms with van der Waals surface area (Å²) in [6.45, 7) is 1.92. The molecule has 0 radical (unpaired) electrons. The van der Waals surface area contributed by atoms with Gasteiger partial charge in [0.05, 0.1) is 4.90 Å². The lowest BCUT2D eigenvalue weighted by Gasteiger charge is -2.06. The first-order valence-corrected chi connectivity index (χ1v) is 7.68. The summed E-state index contributed by atoms with van der Waals surface area (Å²) < 4.78 is 26.5. The van der Waals surface area contributed by atoms with Gasteiger partial charge >= 0.3 is 0 Å². The number of hydrogen-bond donors (Lipinski definition) is 1. The lowest BCUT2D eigenvalue weighted by atomic mass is 10.2. The molecule has 0 aromatic heterocycles. The molecular formula is C13H13NO2S2. The maximum atomic E-state index is 12.0. The highest BCUT2D eigenvalue weighted by molar-refractivity contribution is 8.09. The Morgan fingerprint density at radius 3 is 2.17 bits per heavy atom. The van der Waals surface area contributed by atoms with Crippen molar-refractivity contribution in [1.82, 2.24) is 4.13 Å². The first-order valence-electron chi connectivity index (χ1n) is 5.38. The first-order chi connectivity index (χ1) is 8.58. The summed E-state index contributed by atoms with van der Waals surface area (Å²) in [6.07, 6.45) is 0. The normalized spacial score (nSPS) is 11.4. The van der Waals surface area contributed by atoms with Gasteiger partial charge in [-0.05, 0) is 43.1 Å². The fourth-order valence-corrected chi connectivity index (χ4v) is 3.35. The third-order valence-corrected chi connectivity index (χ3v) is 4.96. The molecule has 0 fully saturated rings. The molecule has 0 spiro atoms. The van der Waals surface area contributed by atoms with E-state index in [9.17, 15) is 8.42 Å². The maximum absolute atomic E-state index is 12.0. The van der Waals surface area contributed by atoms with Crippen LogP contribution in [-0.2, 0) is 10.0 Å². The van der Waals surface area contributed by atoms with Gasteiger partial charge in [0.1, 0.15) is 0 Å². The number of hydrogen-bond acceptors (Lipinski definition) is 3. The summed E-state index contributed by atoms with van der Waals surface area (Å²) in [5.41, 5.74) is 1.03. The summed E-state index contributed by atoms with van der Waals surface area (Å²) >= 11 is 1.09. The molecule has 2 aromatic carbocycles. The van der Waals surface area contributed by atoms with Gasteiger partial charge in [0.25, 0.3) is 0 Å². The molecule has 18 heavy (non-hydrogen) atoms. The van der Waals surface area contributed by atoms with Crippen LogP contribution in [0.2, 0.25) is 0 Å². The Hall–Kier alpha value is -1.30. The van der Waals surface area contributed by atoms with Crippen molar-refractivity contribution < 1.29 is 8.42 Å². The topological polar surface area (TPSA) is 46.2 Å². The molecule has 0 saturated heterocycles. The first kappa shape index (κ1) is 13.1. The van der Waals surface area contributed by atoms with Crippen molar-refractivity contribution in [2.24, 2.45) is 0 Å². The predicted octanol–water partition coefficient (Wildman–Crippen LogP) is 2.98. The van der Waals surface area contributed by atoms with Crippen molar-refractivity contribution in [1.29, 1.82) is 0 Å². The second-order valence-electron chi connectivity index (χ2n) is 3.81. The Labute approximate surface area is 111 Å². The van der Waals surface area contributed by atoms with Crippen LogP contribution in [-0.4, -0.2) is 8.42 Å². The second kappa shape index (κ2) is 5.56. The molecule has 0 aliphatic heterocycles. The number of nitrogens with one attached hydrogen (secondary N) is 1. The Morgan fingerprint density at radius 2 is 1.56 bits per heavy atom. The molecule has 2 aromatic rings. The van der Waals surface area contributed by atoms with Gasteiger partial charge in [-0.25, -0.2) is 8.42 Å². The fraction of sp³-hybridized carbons (Fsp3) is 0.0769. The minimum absolute atomic E-state index is 0.275. The lowest BCUT2D eigenvalue weighted by molar-refractivity contribution is 0.594. The predicted molar refractivity (Wildman–Crippen MR) is 73.8 cm³/mol. The van der Waals surface area contributed by atoms with E-state index in [1.165, 1.54) is 0 Å². The molecule has 0 saturated carbocycles. The zero-order chi connectivity index (χ0) is 13.0. The molecular weight excluding hydrogens is 266 g/mol. The lowest BCUT2D eigenvalue weighted by Crippen LogP contribution is -2.16. The molecule has 0 amide bonds. The fourth-order valence-electron chi connectivity index (χ4n) is 1.36. The van der Waals surface area contributed by atoms with Crippen LogP contribution >= 0.6 is 11.9 Å². The van der Waals surface area contributed by atoms with Crippen molar-refractivity contribution in [3.05, 3.63) is 60.2 Å². The molecule has 94 valence electrons. The Morgan fingerprint density at radius 1 is 0.944 bits per heavy atom. The summed E-state index contributed by atoms with van der Waals surface area (Å²) in [5.74, 6) is 0. The Kier molecular flexibility index (Phi) is 4.06. The van der Waals surface area contributed by atoms with Crippen LogP contribution in [0.5, 0.6) is 0 Å². The summed E-state index contributed by atoms with van der Waals surface area (Å²) in [5, 5.41) is 0. The monoisotopic (exact) mass is 279 g/mol. The molecule has 2 rings (SSSR count). The van der Waals surface area contributed by atoms with E-state index in [4.69, 9.17) is 0 Å². The van der Waals surface area contributed by atoms with E-state index in [1.54, 1.807) is 24.3 Å². The molecule has 0 aliphatic carbocycles. The van der Waals surface area contributed by atoms with E-state index in [-0.39, 0.29) is 4.90 Å². The summed E-state index contributed by atoms with van der Waals surface area (Å²) in [7, 11) is -3.46. The SMILES string of the molecule is Cc1ccc(S(=O)(=O)NSc2ccccc2)cc1. The van der Waals surface area contributed by atoms with Gasteiger partial charge in [-0.2, -0.15) is 0 Å². The van der Waals surface area contributed by atoms with Gasteiger partial charge in [-0.1, -0.05) is 35.9 Å². The smallest absolute Gasteiger partial charge is 0.206 e. The number of benzene rings is 2. The van der Waals surface area contributed by atoms with E-state index < -0.39 is 10.0 Å². The van der Waals surface area contributed by atoms with Crippen molar-refractivity contribution in [2.45, 2.75) is 16.7 Å². The maximum Gasteiger partial charge on any atom is 0.250 e. The quantitative estimate of drug-likeness (QED) is 0.875. The summed E-state index contributed by atoms with van der Waals surface area (Å²) in [6, 6.07) is 16.1. The average Bonchev–Trinajstić information content (AvgIpc) is 2.38. The van der Waals surface area contributed by atoms with Gasteiger partial charge in [0.2, 0.25) is 10.0 Å². The minimum atomic E-state index is -3.46. The third kappa shape index (κ3) is 3.35. The molecule has 0 atom stereocenters. The number of aryl methyl sites for hydroxylation is 1. The molecule has 0 bridgehead atoms. The van der Waals surface area contributed by atoms with Gasteiger partial charge in [0.15, 0.2) is 0 Å². The van der Waals surface area contributed by atoms with Crippen molar-refractivity contribution >= 4 is 22.0 Å². The van der Waals surface area contributed by atoms with Crippen LogP contribution < -0.4 is 4.13 Å². The minimum Gasteiger partial charge on any atom is -0.206 e. The van der Waals surface area contributed by atoms with Crippen LogP contribution in [0.25, 0.3) is 0 Å². The van der Waals surface area contributed by atoms with Crippen molar-refractivity contribution in [3.63, 3.8) is 0 Å². The van der Waals surface area contributed by atoms with E-state index in [1.807, 2.05) is 37.3 Å². The number of sulfonamides is 1. The Bertz CT molecular complexity index is 607. The van der Waals surface area contributed by atoms with Crippen LogP contribution in [0.15, 0.2) is 64.4 Å². The highest BCUT2D eigenvalue weighted by Gasteiger charge is 2.13. The van der Waals surface area contributed by atoms with Gasteiger partial charge in [-0.15, -0.1) is 4.13 Å².